The molecule has 1 amide bonds. The summed E-state index contributed by atoms with van der Waals surface area (Å²) in [5.74, 6) is 0.133. The topological polar surface area (TPSA) is 58.4 Å². The zero-order valence-electron chi connectivity index (χ0n) is 12.4. The average molecular weight is 293 g/mol. The van der Waals surface area contributed by atoms with Crippen molar-refractivity contribution in [3.63, 3.8) is 0 Å². The van der Waals surface area contributed by atoms with Crippen LogP contribution >= 0.6 is 0 Å². The van der Waals surface area contributed by atoms with E-state index in [1.165, 1.54) is 0 Å². The standard InChI is InChI=1S/C18H19N3O/c19-13-6-8-14(9-7-13)21-11-3-10-18(12-21)15-4-1-2-5-16(15)20-17(18)22/h1-2,4-9H,3,10-12,19H2,(H,20,22)/t18-/m1/s1. The van der Waals surface area contributed by atoms with Crippen molar-refractivity contribution < 1.29 is 4.79 Å². The number of nitrogens with zero attached hydrogens (tertiary/aromatic N) is 1. The van der Waals surface area contributed by atoms with Gasteiger partial charge in [0.05, 0.1) is 5.41 Å². The van der Waals surface area contributed by atoms with E-state index in [1.54, 1.807) is 0 Å². The molecule has 0 aliphatic carbocycles. The van der Waals surface area contributed by atoms with E-state index in [0.29, 0.717) is 0 Å². The summed E-state index contributed by atoms with van der Waals surface area (Å²) in [6.07, 6.45) is 1.91. The summed E-state index contributed by atoms with van der Waals surface area (Å²) in [4.78, 5) is 15.0. The molecule has 1 atom stereocenters. The van der Waals surface area contributed by atoms with E-state index in [9.17, 15) is 4.79 Å². The lowest BCUT2D eigenvalue weighted by molar-refractivity contribution is -0.121. The molecule has 4 nitrogen and oxygen atoms in total. The van der Waals surface area contributed by atoms with E-state index < -0.39 is 5.41 Å². The molecule has 0 aromatic heterocycles. The molecule has 0 saturated carbocycles. The van der Waals surface area contributed by atoms with Crippen LogP contribution < -0.4 is 16.0 Å². The van der Waals surface area contributed by atoms with Gasteiger partial charge in [-0.3, -0.25) is 4.79 Å². The van der Waals surface area contributed by atoms with E-state index in [1.807, 2.05) is 42.5 Å². The van der Waals surface area contributed by atoms with Gasteiger partial charge in [-0.1, -0.05) is 18.2 Å². The first-order valence-corrected chi connectivity index (χ1v) is 7.70. The maximum absolute atomic E-state index is 12.7. The molecule has 2 aromatic carbocycles. The lowest BCUT2D eigenvalue weighted by Gasteiger charge is -2.40. The molecule has 1 saturated heterocycles. The van der Waals surface area contributed by atoms with Crippen LogP contribution in [0.2, 0.25) is 0 Å². The van der Waals surface area contributed by atoms with Crippen molar-refractivity contribution in [3.8, 4) is 0 Å². The van der Waals surface area contributed by atoms with E-state index in [2.05, 4.69) is 16.3 Å². The normalized spacial score (nSPS) is 23.5. The maximum atomic E-state index is 12.7. The average Bonchev–Trinajstić information content (AvgIpc) is 2.81. The Labute approximate surface area is 129 Å². The Balaban J connectivity index is 1.71. The Morgan fingerprint density at radius 1 is 1.09 bits per heavy atom. The second-order valence-corrected chi connectivity index (χ2v) is 6.20. The highest BCUT2D eigenvalue weighted by Crippen LogP contribution is 2.44. The van der Waals surface area contributed by atoms with Gasteiger partial charge in [-0.05, 0) is 48.7 Å². The Morgan fingerprint density at radius 2 is 1.86 bits per heavy atom. The van der Waals surface area contributed by atoms with E-state index in [0.717, 1.165) is 48.6 Å². The van der Waals surface area contributed by atoms with Crippen molar-refractivity contribution in [2.45, 2.75) is 18.3 Å². The molecule has 1 spiro atoms. The third-order valence-corrected chi connectivity index (χ3v) is 4.88. The Hall–Kier alpha value is -2.49. The highest BCUT2D eigenvalue weighted by atomic mass is 16.2. The Kier molecular flexibility index (Phi) is 2.86. The summed E-state index contributed by atoms with van der Waals surface area (Å²) in [7, 11) is 0. The molecule has 0 unspecified atom stereocenters. The second kappa shape index (κ2) is 4.77. The predicted octanol–water partition coefficient (Wildman–Crippen LogP) is 2.76. The van der Waals surface area contributed by atoms with E-state index in [-0.39, 0.29) is 5.91 Å². The molecule has 4 rings (SSSR count). The molecule has 3 N–H and O–H groups in total. The third kappa shape index (κ3) is 1.87. The summed E-state index contributed by atoms with van der Waals surface area (Å²) in [6.45, 7) is 1.70. The first-order chi connectivity index (χ1) is 10.7. The zero-order chi connectivity index (χ0) is 15.2. The number of fused-ring (bicyclic) bond motifs is 2. The molecule has 1 fully saturated rings. The van der Waals surface area contributed by atoms with Gasteiger partial charge in [0, 0.05) is 30.2 Å². The molecule has 112 valence electrons. The largest absolute Gasteiger partial charge is 0.399 e. The molecule has 0 radical (unpaired) electrons. The number of carbonyl (C=O) groups excluding carboxylic acids is 1. The molecule has 2 aromatic rings. The number of hydrogen-bond acceptors (Lipinski definition) is 3. The van der Waals surface area contributed by atoms with Gasteiger partial charge in [-0.15, -0.1) is 0 Å². The van der Waals surface area contributed by atoms with Crippen molar-refractivity contribution in [1.29, 1.82) is 0 Å². The molecule has 2 aliphatic rings. The third-order valence-electron chi connectivity index (χ3n) is 4.88. The fourth-order valence-corrected chi connectivity index (χ4v) is 3.74. The first-order valence-electron chi connectivity index (χ1n) is 7.70. The van der Waals surface area contributed by atoms with Crippen LogP contribution in [0.5, 0.6) is 0 Å². The smallest absolute Gasteiger partial charge is 0.236 e. The summed E-state index contributed by atoms with van der Waals surface area (Å²) < 4.78 is 0. The number of benzene rings is 2. The number of hydrogen-bond donors (Lipinski definition) is 2. The second-order valence-electron chi connectivity index (χ2n) is 6.20. The van der Waals surface area contributed by atoms with Gasteiger partial charge in [-0.25, -0.2) is 0 Å². The van der Waals surface area contributed by atoms with Gasteiger partial charge < -0.3 is 16.0 Å². The lowest BCUT2D eigenvalue weighted by Crippen LogP contribution is -2.50. The minimum atomic E-state index is -0.420. The quantitative estimate of drug-likeness (QED) is 0.795. The minimum absolute atomic E-state index is 0.133. The van der Waals surface area contributed by atoms with Gasteiger partial charge in [-0.2, -0.15) is 0 Å². The number of carbonyl (C=O) groups is 1. The van der Waals surface area contributed by atoms with Crippen LogP contribution in [0, 0.1) is 0 Å². The van der Waals surface area contributed by atoms with Crippen molar-refractivity contribution in [3.05, 3.63) is 54.1 Å². The number of para-hydroxylation sites is 1. The summed E-state index contributed by atoms with van der Waals surface area (Å²) in [6, 6.07) is 16.0. The highest BCUT2D eigenvalue weighted by molar-refractivity contribution is 6.06. The van der Waals surface area contributed by atoms with Crippen LogP contribution in [-0.4, -0.2) is 19.0 Å². The highest BCUT2D eigenvalue weighted by Gasteiger charge is 2.49. The first kappa shape index (κ1) is 13.2. The number of amides is 1. The number of rotatable bonds is 1. The number of piperidine rings is 1. The van der Waals surface area contributed by atoms with Crippen LogP contribution in [0.4, 0.5) is 17.1 Å². The lowest BCUT2D eigenvalue weighted by atomic mass is 9.75. The summed E-state index contributed by atoms with van der Waals surface area (Å²) >= 11 is 0. The monoisotopic (exact) mass is 293 g/mol. The van der Waals surface area contributed by atoms with E-state index in [4.69, 9.17) is 5.73 Å². The summed E-state index contributed by atoms with van der Waals surface area (Å²) in [5.41, 5.74) is 9.35. The minimum Gasteiger partial charge on any atom is -0.399 e. The van der Waals surface area contributed by atoms with Crippen LogP contribution in [0.3, 0.4) is 0 Å². The SMILES string of the molecule is Nc1ccc(N2CCC[C@]3(C2)C(=O)Nc2ccccc23)cc1. The van der Waals surface area contributed by atoms with Crippen LogP contribution in [0.1, 0.15) is 18.4 Å². The molecule has 2 aliphatic heterocycles. The van der Waals surface area contributed by atoms with Crippen molar-refractivity contribution in [2.24, 2.45) is 0 Å². The fraction of sp³-hybridized carbons (Fsp3) is 0.278. The number of anilines is 3. The van der Waals surface area contributed by atoms with Crippen LogP contribution in [-0.2, 0) is 10.2 Å². The van der Waals surface area contributed by atoms with Gasteiger partial charge in [0.15, 0.2) is 0 Å². The fourth-order valence-electron chi connectivity index (χ4n) is 3.74. The van der Waals surface area contributed by atoms with Gasteiger partial charge in [0.25, 0.3) is 0 Å². The molecule has 22 heavy (non-hydrogen) atoms. The van der Waals surface area contributed by atoms with Crippen molar-refractivity contribution in [2.75, 3.05) is 29.0 Å². The molecule has 4 heteroatoms. The van der Waals surface area contributed by atoms with Crippen molar-refractivity contribution in [1.82, 2.24) is 0 Å². The zero-order valence-corrected chi connectivity index (χ0v) is 12.4. The molecule has 0 bridgehead atoms. The van der Waals surface area contributed by atoms with Crippen LogP contribution in [0.25, 0.3) is 0 Å². The molecule has 2 heterocycles. The maximum Gasteiger partial charge on any atom is 0.236 e. The summed E-state index contributed by atoms with van der Waals surface area (Å²) in [5, 5.41) is 3.05. The Bertz CT molecular complexity index is 725. The van der Waals surface area contributed by atoms with Crippen LogP contribution in [0.15, 0.2) is 48.5 Å². The van der Waals surface area contributed by atoms with E-state index >= 15 is 0 Å². The molecular formula is C18H19N3O. The molecular weight excluding hydrogens is 274 g/mol. The predicted molar refractivity (Wildman–Crippen MR) is 89.1 cm³/mol. The van der Waals surface area contributed by atoms with Gasteiger partial charge in [0.1, 0.15) is 0 Å². The number of nitrogen functional groups attached to an aromatic ring is 1. The Morgan fingerprint density at radius 3 is 2.68 bits per heavy atom. The van der Waals surface area contributed by atoms with Crippen molar-refractivity contribution >= 4 is 23.0 Å². The number of nitrogens with one attached hydrogen (secondary N) is 1. The van der Waals surface area contributed by atoms with Gasteiger partial charge >= 0.3 is 0 Å². The van der Waals surface area contributed by atoms with Gasteiger partial charge in [0.2, 0.25) is 5.91 Å². The number of nitrogens with two attached hydrogens (primary N) is 1.